The molecule has 3 aromatic rings. The summed E-state index contributed by atoms with van der Waals surface area (Å²) in [5.41, 5.74) is -1.07. The highest BCUT2D eigenvalue weighted by Crippen LogP contribution is 2.38. The Morgan fingerprint density at radius 3 is 1.95 bits per heavy atom. The molecule has 5 rings (SSSR count). The van der Waals surface area contributed by atoms with Gasteiger partial charge in [0.1, 0.15) is 70.9 Å². The van der Waals surface area contributed by atoms with Crippen LogP contribution in [0.1, 0.15) is 0 Å². The summed E-state index contributed by atoms with van der Waals surface area (Å²) in [6.45, 7) is -1.63. The summed E-state index contributed by atoms with van der Waals surface area (Å²) in [6, 6.07) is 7.20. The van der Waals surface area contributed by atoms with Crippen molar-refractivity contribution in [3.05, 3.63) is 46.6 Å². The molecule has 2 aliphatic heterocycles. The molecule has 0 bridgehead atoms. The second-order valence-corrected chi connectivity index (χ2v) is 10.1. The number of aliphatic hydroxyl groups is 7. The smallest absolute Gasteiger partial charge is 0.239 e. The lowest BCUT2D eigenvalue weighted by atomic mass is 9.97. The largest absolute Gasteiger partial charge is 0.508 e. The number of phenols is 3. The maximum Gasteiger partial charge on any atom is 0.239 e. The molecule has 2 fully saturated rings. The molecule has 0 aliphatic carbocycles. The summed E-state index contributed by atoms with van der Waals surface area (Å²) < 4.78 is 28.3. The minimum Gasteiger partial charge on any atom is -0.508 e. The summed E-state index contributed by atoms with van der Waals surface area (Å²) in [4.78, 5) is 13.7. The van der Waals surface area contributed by atoms with Crippen molar-refractivity contribution in [1.29, 1.82) is 0 Å². The third-order valence-corrected chi connectivity index (χ3v) is 7.25. The van der Waals surface area contributed by atoms with Crippen molar-refractivity contribution in [3.8, 4) is 34.3 Å². The molecule has 16 nitrogen and oxygen atoms in total. The number of benzene rings is 2. The van der Waals surface area contributed by atoms with Crippen LogP contribution in [0.4, 0.5) is 0 Å². The molecule has 234 valence electrons. The van der Waals surface area contributed by atoms with Crippen LogP contribution in [0, 0.1) is 0 Å². The number of hydrogen-bond acceptors (Lipinski definition) is 16. The second kappa shape index (κ2) is 12.2. The first-order valence-corrected chi connectivity index (χ1v) is 13.0. The van der Waals surface area contributed by atoms with Gasteiger partial charge in [-0.2, -0.15) is 0 Å². The van der Waals surface area contributed by atoms with Gasteiger partial charge in [-0.1, -0.05) is 0 Å². The Bertz CT molecular complexity index is 1490. The number of aromatic hydroxyl groups is 3. The van der Waals surface area contributed by atoms with E-state index in [1.54, 1.807) is 0 Å². The third kappa shape index (κ3) is 5.73. The molecule has 1 aromatic heterocycles. The summed E-state index contributed by atoms with van der Waals surface area (Å²) in [6.07, 6.45) is -17.7. The van der Waals surface area contributed by atoms with Crippen LogP contribution in [0.25, 0.3) is 22.3 Å². The van der Waals surface area contributed by atoms with Gasteiger partial charge in [0.25, 0.3) is 0 Å². The molecular weight excluding hydrogens is 580 g/mol. The number of rotatable bonds is 7. The average molecular weight is 611 g/mol. The van der Waals surface area contributed by atoms with Crippen LogP contribution in [-0.2, 0) is 14.2 Å². The van der Waals surface area contributed by atoms with Crippen molar-refractivity contribution < 1.29 is 74.4 Å². The van der Waals surface area contributed by atoms with Gasteiger partial charge >= 0.3 is 0 Å². The summed E-state index contributed by atoms with van der Waals surface area (Å²) in [5, 5.41) is 101. The molecule has 2 aliphatic rings. The fourth-order valence-electron chi connectivity index (χ4n) is 4.92. The highest BCUT2D eigenvalue weighted by molar-refractivity contribution is 5.88. The standard InChI is InChI=1S/C27H30O16/c28-7-14-17(33)20(36)22(38)26(40-14)43-25-21(37)18(34)15(8-29)41-27(25)42-24-19(35)16-12(32)5-11(31)6-13(16)39-23(24)9-1-3-10(30)4-2-9/h1-6,14-15,17-18,20-22,25-34,36-38H,7-8H2/t14?,15?,17-,18?,20+,21?,22-,25?,26?,27?/m1/s1. The van der Waals surface area contributed by atoms with Crippen molar-refractivity contribution in [2.45, 2.75) is 61.4 Å². The summed E-state index contributed by atoms with van der Waals surface area (Å²) >= 11 is 0. The van der Waals surface area contributed by atoms with Gasteiger partial charge < -0.3 is 74.4 Å². The van der Waals surface area contributed by atoms with E-state index in [4.69, 9.17) is 23.4 Å². The van der Waals surface area contributed by atoms with Crippen molar-refractivity contribution >= 4 is 11.0 Å². The number of aliphatic hydroxyl groups excluding tert-OH is 7. The van der Waals surface area contributed by atoms with Gasteiger partial charge in [-0.05, 0) is 24.3 Å². The summed E-state index contributed by atoms with van der Waals surface area (Å²) in [7, 11) is 0. The van der Waals surface area contributed by atoms with E-state index in [-0.39, 0.29) is 22.7 Å². The molecule has 2 aromatic carbocycles. The number of phenolic OH excluding ortho intramolecular Hbond substituents is 3. The van der Waals surface area contributed by atoms with Crippen LogP contribution < -0.4 is 10.2 Å². The Morgan fingerprint density at radius 2 is 1.33 bits per heavy atom. The Balaban J connectivity index is 1.60. The fraction of sp³-hybridized carbons (Fsp3) is 0.444. The van der Waals surface area contributed by atoms with Gasteiger partial charge in [-0.25, -0.2) is 0 Å². The van der Waals surface area contributed by atoms with Crippen LogP contribution >= 0.6 is 0 Å². The second-order valence-electron chi connectivity index (χ2n) is 10.1. The SMILES string of the molecule is O=c1c(OC2OC(CO)C(O)C(O)C2OC2OC(CO)[C@@H](O)[C@H](O)[C@H]2O)c(-c2ccc(O)cc2)oc2cc(O)cc(O)c12. The molecule has 3 heterocycles. The lowest BCUT2D eigenvalue weighted by Crippen LogP contribution is -2.65. The van der Waals surface area contributed by atoms with Crippen molar-refractivity contribution in [2.75, 3.05) is 13.2 Å². The Labute approximate surface area is 241 Å². The Kier molecular flexibility index (Phi) is 8.77. The lowest BCUT2D eigenvalue weighted by Gasteiger charge is -2.45. The molecule has 7 unspecified atom stereocenters. The van der Waals surface area contributed by atoms with E-state index in [1.165, 1.54) is 24.3 Å². The molecule has 0 radical (unpaired) electrons. The maximum absolute atomic E-state index is 13.7. The fourth-order valence-corrected chi connectivity index (χ4v) is 4.92. The van der Waals surface area contributed by atoms with Crippen LogP contribution in [0.5, 0.6) is 23.0 Å². The van der Waals surface area contributed by atoms with Crippen LogP contribution in [0.15, 0.2) is 45.6 Å². The van der Waals surface area contributed by atoms with Crippen molar-refractivity contribution in [2.24, 2.45) is 0 Å². The van der Waals surface area contributed by atoms with Crippen molar-refractivity contribution in [1.82, 2.24) is 0 Å². The van der Waals surface area contributed by atoms with Gasteiger partial charge in [-0.15, -0.1) is 0 Å². The number of ether oxygens (including phenoxy) is 4. The molecule has 16 heteroatoms. The maximum atomic E-state index is 13.7. The third-order valence-electron chi connectivity index (χ3n) is 7.25. The minimum absolute atomic E-state index is 0.129. The van der Waals surface area contributed by atoms with E-state index in [1.807, 2.05) is 0 Å². The van der Waals surface area contributed by atoms with Crippen molar-refractivity contribution in [3.63, 3.8) is 0 Å². The van der Waals surface area contributed by atoms with Gasteiger partial charge in [0.2, 0.25) is 17.5 Å². The predicted molar refractivity (Wildman–Crippen MR) is 140 cm³/mol. The molecule has 2 saturated heterocycles. The van der Waals surface area contributed by atoms with E-state index in [2.05, 4.69) is 0 Å². The van der Waals surface area contributed by atoms with E-state index < -0.39 is 103 Å². The minimum atomic E-state index is -1.93. The predicted octanol–water partition coefficient (Wildman–Crippen LogP) is -2.42. The van der Waals surface area contributed by atoms with E-state index in [0.29, 0.717) is 0 Å². The van der Waals surface area contributed by atoms with Gasteiger partial charge in [0.15, 0.2) is 18.2 Å². The Morgan fingerprint density at radius 1 is 0.721 bits per heavy atom. The first kappa shape index (κ1) is 30.9. The van der Waals surface area contributed by atoms with Crippen LogP contribution in [0.2, 0.25) is 0 Å². The van der Waals surface area contributed by atoms with Gasteiger partial charge in [-0.3, -0.25) is 4.79 Å². The van der Waals surface area contributed by atoms with Gasteiger partial charge in [0.05, 0.1) is 13.2 Å². The topological polar surface area (TPSA) is 269 Å². The molecule has 43 heavy (non-hydrogen) atoms. The molecule has 0 amide bonds. The number of hydrogen-bond donors (Lipinski definition) is 10. The zero-order chi connectivity index (χ0) is 31.2. The zero-order valence-electron chi connectivity index (χ0n) is 22.1. The average Bonchev–Trinajstić information content (AvgIpc) is 2.97. The van der Waals surface area contributed by atoms with E-state index >= 15 is 0 Å². The van der Waals surface area contributed by atoms with Gasteiger partial charge in [0, 0.05) is 17.7 Å². The van der Waals surface area contributed by atoms with Crippen LogP contribution in [0.3, 0.4) is 0 Å². The Hall–Kier alpha value is -3.55. The zero-order valence-corrected chi connectivity index (χ0v) is 22.1. The highest BCUT2D eigenvalue weighted by atomic mass is 16.8. The first-order chi connectivity index (χ1) is 20.4. The number of fused-ring (bicyclic) bond motifs is 1. The lowest BCUT2D eigenvalue weighted by molar-refractivity contribution is -0.358. The first-order valence-electron chi connectivity index (χ1n) is 13.0. The molecule has 0 spiro atoms. The normalized spacial score (nSPS) is 33.0. The molecular formula is C27H30O16. The van der Waals surface area contributed by atoms with Crippen LogP contribution in [-0.4, -0.2) is 126 Å². The monoisotopic (exact) mass is 610 g/mol. The highest BCUT2D eigenvalue weighted by Gasteiger charge is 2.51. The summed E-state index contributed by atoms with van der Waals surface area (Å²) in [5.74, 6) is -2.15. The quantitative estimate of drug-likeness (QED) is 0.133. The van der Waals surface area contributed by atoms with E-state index in [0.717, 1.165) is 12.1 Å². The molecule has 10 atom stereocenters. The molecule has 0 saturated carbocycles. The molecule has 10 N–H and O–H groups in total. The van der Waals surface area contributed by atoms with E-state index in [9.17, 15) is 55.9 Å².